The van der Waals surface area contributed by atoms with Gasteiger partial charge in [-0.15, -0.1) is 0 Å². The molecule has 0 radical (unpaired) electrons. The van der Waals surface area contributed by atoms with Gasteiger partial charge < -0.3 is 15.0 Å². The molecule has 0 aliphatic carbocycles. The first-order valence-corrected chi connectivity index (χ1v) is 8.52. The molecule has 1 aromatic carbocycles. The van der Waals surface area contributed by atoms with E-state index in [1.165, 1.54) is 9.47 Å². The van der Waals surface area contributed by atoms with E-state index in [2.05, 4.69) is 10.3 Å². The largest absolute Gasteiger partial charge is 0.465 e. The van der Waals surface area contributed by atoms with E-state index < -0.39 is 18.0 Å². The number of carbonyl (C=O) groups is 2. The quantitative estimate of drug-likeness (QED) is 0.790. The minimum atomic E-state index is -0.501. The van der Waals surface area contributed by atoms with Gasteiger partial charge in [0.15, 0.2) is 0 Å². The van der Waals surface area contributed by atoms with E-state index in [0.29, 0.717) is 23.1 Å². The minimum absolute atomic E-state index is 0.163. The predicted octanol–water partition coefficient (Wildman–Crippen LogP) is 1.59. The number of para-hydroxylation sites is 1. The second kappa shape index (κ2) is 8.46. The summed E-state index contributed by atoms with van der Waals surface area (Å²) in [6, 6.07) is 6.25. The van der Waals surface area contributed by atoms with Crippen LogP contribution in [0.25, 0.3) is 10.9 Å². The van der Waals surface area contributed by atoms with Gasteiger partial charge in [0.2, 0.25) is 0 Å². The number of carbonyl (C=O) groups excluding carboxylic acids is 2. The van der Waals surface area contributed by atoms with Gasteiger partial charge in [0.05, 0.1) is 23.6 Å². The van der Waals surface area contributed by atoms with E-state index in [9.17, 15) is 14.4 Å². The molecule has 2 rings (SSSR count). The monoisotopic (exact) mass is 360 g/mol. The topological polar surface area (TPSA) is 93.5 Å². The fourth-order valence-corrected chi connectivity index (χ4v) is 2.79. The Balaban J connectivity index is 2.28. The highest BCUT2D eigenvalue weighted by molar-refractivity contribution is 5.81. The fourth-order valence-electron chi connectivity index (χ4n) is 2.79. The Hall–Kier alpha value is -2.90. The molecule has 0 saturated heterocycles. The molecule has 0 bridgehead atoms. The van der Waals surface area contributed by atoms with E-state index in [1.54, 1.807) is 39.2 Å². The maximum atomic E-state index is 12.6. The number of benzene rings is 1. The van der Waals surface area contributed by atoms with Crippen molar-refractivity contribution >= 4 is 22.9 Å². The molecular formula is C18H24N4O4. The zero-order valence-electron chi connectivity index (χ0n) is 15.5. The highest BCUT2D eigenvalue weighted by atomic mass is 16.5. The lowest BCUT2D eigenvalue weighted by Gasteiger charge is -2.28. The summed E-state index contributed by atoms with van der Waals surface area (Å²) in [7, 11) is 3.25. The van der Waals surface area contributed by atoms with Crippen molar-refractivity contribution < 1.29 is 14.3 Å². The summed E-state index contributed by atoms with van der Waals surface area (Å²) in [4.78, 5) is 42.4. The molecule has 26 heavy (non-hydrogen) atoms. The van der Waals surface area contributed by atoms with Gasteiger partial charge in [-0.25, -0.2) is 9.78 Å². The van der Waals surface area contributed by atoms with Crippen LogP contribution in [0.5, 0.6) is 0 Å². The summed E-state index contributed by atoms with van der Waals surface area (Å²) >= 11 is 0. The highest BCUT2D eigenvalue weighted by Gasteiger charge is 2.25. The first-order chi connectivity index (χ1) is 12.4. The van der Waals surface area contributed by atoms with Crippen molar-refractivity contribution in [1.82, 2.24) is 19.8 Å². The molecule has 8 heteroatoms. The number of amides is 2. The molecule has 0 aliphatic rings. The zero-order chi connectivity index (χ0) is 19.3. The molecule has 2 aromatic rings. The third-order valence-corrected chi connectivity index (χ3v) is 4.18. The maximum absolute atomic E-state index is 12.6. The van der Waals surface area contributed by atoms with Crippen LogP contribution in [-0.2, 0) is 16.6 Å². The van der Waals surface area contributed by atoms with Gasteiger partial charge in [-0.1, -0.05) is 19.1 Å². The Morgan fingerprint density at radius 2 is 2.00 bits per heavy atom. The number of ether oxygens (including phenoxy) is 1. The van der Waals surface area contributed by atoms with Gasteiger partial charge >= 0.3 is 12.0 Å². The maximum Gasteiger partial charge on any atom is 0.325 e. The van der Waals surface area contributed by atoms with Crippen molar-refractivity contribution in [3.05, 3.63) is 40.4 Å². The van der Waals surface area contributed by atoms with Gasteiger partial charge in [-0.3, -0.25) is 14.2 Å². The van der Waals surface area contributed by atoms with Crippen molar-refractivity contribution in [3.8, 4) is 0 Å². The smallest absolute Gasteiger partial charge is 0.325 e. The summed E-state index contributed by atoms with van der Waals surface area (Å²) in [5, 5.41) is 3.05. The second-order valence-electron chi connectivity index (χ2n) is 5.85. The number of nitrogens with one attached hydrogen (secondary N) is 1. The van der Waals surface area contributed by atoms with Gasteiger partial charge in [0.1, 0.15) is 12.4 Å². The molecule has 0 saturated carbocycles. The van der Waals surface area contributed by atoms with Crippen LogP contribution in [0.1, 0.15) is 32.1 Å². The fraction of sp³-hybridized carbons (Fsp3) is 0.444. The number of nitrogens with zero attached hydrogens (tertiary/aromatic N) is 3. The first-order valence-electron chi connectivity index (χ1n) is 8.52. The van der Waals surface area contributed by atoms with Gasteiger partial charge in [0.25, 0.3) is 5.56 Å². The number of fused-ring (bicyclic) bond motifs is 1. The lowest BCUT2D eigenvalue weighted by molar-refractivity contribution is -0.141. The number of urea groups is 1. The average Bonchev–Trinajstić information content (AvgIpc) is 2.64. The molecule has 8 nitrogen and oxygen atoms in total. The van der Waals surface area contributed by atoms with Crippen molar-refractivity contribution in [3.63, 3.8) is 0 Å². The van der Waals surface area contributed by atoms with Crippen LogP contribution >= 0.6 is 0 Å². The molecule has 1 aromatic heterocycles. The predicted molar refractivity (Wildman–Crippen MR) is 97.8 cm³/mol. The molecule has 2 amide bonds. The van der Waals surface area contributed by atoms with Crippen LogP contribution in [0.2, 0.25) is 0 Å². The van der Waals surface area contributed by atoms with Crippen molar-refractivity contribution in [2.75, 3.05) is 20.2 Å². The Kier molecular flexibility index (Phi) is 6.32. The zero-order valence-corrected chi connectivity index (χ0v) is 15.5. The summed E-state index contributed by atoms with van der Waals surface area (Å²) in [5.74, 6) is -0.0106. The number of rotatable bonds is 6. The Labute approximate surface area is 151 Å². The standard InChI is InChI=1S/C18H24N4O4/c1-5-14(21(3)18(25)19-11-15(23)26-6-2)16-20-13-10-8-7-9-12(13)17(24)22(16)4/h7-10,14H,5-6,11H2,1-4H3,(H,19,25). The average molecular weight is 360 g/mol. The van der Waals surface area contributed by atoms with E-state index in [-0.39, 0.29) is 18.7 Å². The Bertz CT molecular complexity index is 862. The van der Waals surface area contributed by atoms with E-state index in [4.69, 9.17) is 4.74 Å². The second-order valence-corrected chi connectivity index (χ2v) is 5.85. The van der Waals surface area contributed by atoms with Crippen molar-refractivity contribution in [2.24, 2.45) is 7.05 Å². The molecule has 1 heterocycles. The van der Waals surface area contributed by atoms with Crippen LogP contribution in [0, 0.1) is 0 Å². The molecule has 1 N–H and O–H groups in total. The number of hydrogen-bond acceptors (Lipinski definition) is 5. The minimum Gasteiger partial charge on any atom is -0.465 e. The highest BCUT2D eigenvalue weighted by Crippen LogP contribution is 2.21. The number of aromatic nitrogens is 2. The summed E-state index contributed by atoms with van der Waals surface area (Å²) in [6.07, 6.45) is 0.557. The molecule has 0 fully saturated rings. The molecule has 1 unspecified atom stereocenters. The first kappa shape index (κ1) is 19.4. The number of hydrogen-bond donors (Lipinski definition) is 1. The van der Waals surface area contributed by atoms with E-state index in [0.717, 1.165) is 0 Å². The number of esters is 1. The lowest BCUT2D eigenvalue weighted by atomic mass is 10.1. The summed E-state index contributed by atoms with van der Waals surface area (Å²) in [6.45, 7) is 3.65. The summed E-state index contributed by atoms with van der Waals surface area (Å²) < 4.78 is 6.26. The normalized spacial score (nSPS) is 11.8. The lowest BCUT2D eigenvalue weighted by Crippen LogP contribution is -2.43. The molecular weight excluding hydrogens is 336 g/mol. The molecule has 1 atom stereocenters. The Morgan fingerprint density at radius 3 is 2.65 bits per heavy atom. The summed E-state index contributed by atoms with van der Waals surface area (Å²) in [5.41, 5.74) is 0.425. The third kappa shape index (κ3) is 4.01. The molecule has 0 spiro atoms. The van der Waals surface area contributed by atoms with Crippen molar-refractivity contribution in [2.45, 2.75) is 26.3 Å². The van der Waals surface area contributed by atoms with E-state index >= 15 is 0 Å². The van der Waals surface area contributed by atoms with E-state index in [1.807, 2.05) is 13.0 Å². The SMILES string of the molecule is CCOC(=O)CNC(=O)N(C)C(CC)c1nc2ccccc2c(=O)n1C. The van der Waals surface area contributed by atoms with Gasteiger partial charge in [-0.05, 0) is 25.5 Å². The van der Waals surface area contributed by atoms with Gasteiger partial charge in [-0.2, -0.15) is 0 Å². The molecule has 140 valence electrons. The van der Waals surface area contributed by atoms with Crippen LogP contribution in [0.3, 0.4) is 0 Å². The van der Waals surface area contributed by atoms with Gasteiger partial charge in [0, 0.05) is 14.1 Å². The van der Waals surface area contributed by atoms with Crippen LogP contribution in [0.4, 0.5) is 4.79 Å². The molecule has 0 aliphatic heterocycles. The van der Waals surface area contributed by atoms with Crippen molar-refractivity contribution in [1.29, 1.82) is 0 Å². The van der Waals surface area contributed by atoms with Crippen LogP contribution in [-0.4, -0.2) is 46.7 Å². The third-order valence-electron chi connectivity index (χ3n) is 4.18. The van der Waals surface area contributed by atoms with Crippen LogP contribution in [0.15, 0.2) is 29.1 Å². The van der Waals surface area contributed by atoms with Crippen LogP contribution < -0.4 is 10.9 Å². The Morgan fingerprint density at radius 1 is 1.31 bits per heavy atom.